The maximum Gasteiger partial charge on any atom is 0.222 e. The minimum atomic E-state index is -0.614. The number of hydrogen-bond acceptors (Lipinski definition) is 4. The molecule has 0 aliphatic rings. The lowest BCUT2D eigenvalue weighted by molar-refractivity contribution is 0.108. The first kappa shape index (κ1) is 23.7. The molecule has 4 aromatic rings. The quantitative estimate of drug-likeness (QED) is 0.318. The summed E-state index contributed by atoms with van der Waals surface area (Å²) < 4.78 is 21.7. The zero-order chi connectivity index (χ0) is 23.9. The Kier molecular flexibility index (Phi) is 7.72. The fourth-order valence-corrected chi connectivity index (χ4v) is 4.09. The Hall–Kier alpha value is -3.48. The third kappa shape index (κ3) is 5.71. The molecule has 4 rings (SSSR count). The van der Waals surface area contributed by atoms with Crippen LogP contribution in [0.25, 0.3) is 11.3 Å². The van der Waals surface area contributed by atoms with E-state index in [9.17, 15) is 9.50 Å². The number of aromatic nitrogens is 2. The molecule has 176 valence electrons. The van der Waals surface area contributed by atoms with Gasteiger partial charge in [-0.25, -0.2) is 9.07 Å². The largest absolute Gasteiger partial charge is 0.439 e. The Morgan fingerprint density at radius 3 is 2.38 bits per heavy atom. The van der Waals surface area contributed by atoms with E-state index in [4.69, 9.17) is 9.84 Å². The molecule has 0 aliphatic carbocycles. The van der Waals surface area contributed by atoms with Crippen LogP contribution in [-0.2, 0) is 13.6 Å². The Morgan fingerprint density at radius 1 is 1.00 bits per heavy atom. The van der Waals surface area contributed by atoms with Crippen molar-refractivity contribution in [2.75, 3.05) is 13.1 Å². The molecular weight excluding hydrogens is 429 g/mol. The first-order valence-electron chi connectivity index (χ1n) is 11.5. The number of benzene rings is 3. The number of aliphatic hydroxyl groups is 1. The van der Waals surface area contributed by atoms with Crippen LogP contribution < -0.4 is 4.74 Å². The summed E-state index contributed by atoms with van der Waals surface area (Å²) in [7, 11) is 1.83. The lowest BCUT2D eigenvalue weighted by Crippen LogP contribution is -2.29. The summed E-state index contributed by atoms with van der Waals surface area (Å²) in [6.07, 6.45) is 0.319. The summed E-state index contributed by atoms with van der Waals surface area (Å²) in [5, 5.41) is 15.6. The highest BCUT2D eigenvalue weighted by atomic mass is 19.1. The maximum absolute atomic E-state index is 13.8. The smallest absolute Gasteiger partial charge is 0.222 e. The molecule has 1 N–H and O–H groups in total. The first-order valence-corrected chi connectivity index (χ1v) is 11.5. The van der Waals surface area contributed by atoms with Gasteiger partial charge < -0.3 is 9.84 Å². The fraction of sp³-hybridized carbons (Fsp3) is 0.250. The predicted molar refractivity (Wildman–Crippen MR) is 132 cm³/mol. The van der Waals surface area contributed by atoms with Crippen molar-refractivity contribution in [2.45, 2.75) is 26.0 Å². The molecule has 5 nitrogen and oxygen atoms in total. The SMILES string of the molecule is CCCN(Cc1c(-c2ccccc2)nn(C)c1Oc1cccc(F)c1)CC(O)c1ccccc1. The Labute approximate surface area is 200 Å². The van der Waals surface area contributed by atoms with Crippen molar-refractivity contribution in [3.05, 3.63) is 102 Å². The topological polar surface area (TPSA) is 50.5 Å². The van der Waals surface area contributed by atoms with Gasteiger partial charge >= 0.3 is 0 Å². The van der Waals surface area contributed by atoms with Crippen molar-refractivity contribution in [1.82, 2.24) is 14.7 Å². The average molecular weight is 460 g/mol. The molecule has 0 saturated heterocycles. The Bertz CT molecular complexity index is 1200. The monoisotopic (exact) mass is 459 g/mol. The summed E-state index contributed by atoms with van der Waals surface area (Å²) in [6.45, 7) is 3.92. The minimum Gasteiger partial charge on any atom is -0.439 e. The standard InChI is InChI=1S/C28H30FN3O2/c1-3-17-32(20-26(33)21-11-6-4-7-12-21)19-25-27(22-13-8-5-9-14-22)30-31(2)28(25)34-24-16-10-15-23(29)18-24/h4-16,18,26,33H,3,17,19-20H2,1-2H3. The van der Waals surface area contributed by atoms with E-state index in [1.165, 1.54) is 12.1 Å². The van der Waals surface area contributed by atoms with E-state index in [0.717, 1.165) is 35.3 Å². The van der Waals surface area contributed by atoms with E-state index in [1.807, 2.05) is 67.7 Å². The lowest BCUT2D eigenvalue weighted by Gasteiger charge is -2.25. The van der Waals surface area contributed by atoms with Gasteiger partial charge in [0.1, 0.15) is 17.3 Å². The van der Waals surface area contributed by atoms with Gasteiger partial charge in [0.25, 0.3) is 0 Å². The second-order valence-corrected chi connectivity index (χ2v) is 8.34. The van der Waals surface area contributed by atoms with E-state index in [-0.39, 0.29) is 5.82 Å². The molecule has 1 unspecified atom stereocenters. The van der Waals surface area contributed by atoms with E-state index >= 15 is 0 Å². The molecule has 0 amide bonds. The first-order chi connectivity index (χ1) is 16.5. The van der Waals surface area contributed by atoms with Crippen LogP contribution in [0.5, 0.6) is 11.6 Å². The average Bonchev–Trinajstić information content (AvgIpc) is 3.15. The van der Waals surface area contributed by atoms with Crippen LogP contribution in [0.15, 0.2) is 84.9 Å². The van der Waals surface area contributed by atoms with Crippen molar-refractivity contribution in [1.29, 1.82) is 0 Å². The second kappa shape index (κ2) is 11.1. The van der Waals surface area contributed by atoms with Gasteiger partial charge in [-0.05, 0) is 30.7 Å². The number of rotatable bonds is 10. The van der Waals surface area contributed by atoms with Crippen molar-refractivity contribution >= 4 is 0 Å². The third-order valence-corrected chi connectivity index (χ3v) is 5.68. The zero-order valence-corrected chi connectivity index (χ0v) is 19.6. The fourth-order valence-electron chi connectivity index (χ4n) is 4.09. The predicted octanol–water partition coefficient (Wildman–Crippen LogP) is 5.96. The molecule has 34 heavy (non-hydrogen) atoms. The molecule has 0 radical (unpaired) electrons. The number of hydrogen-bond donors (Lipinski definition) is 1. The van der Waals surface area contributed by atoms with Gasteiger partial charge in [0.2, 0.25) is 5.88 Å². The molecule has 1 heterocycles. The van der Waals surface area contributed by atoms with E-state index in [2.05, 4.69) is 11.8 Å². The number of halogens is 1. The molecule has 1 aromatic heterocycles. The highest BCUT2D eigenvalue weighted by molar-refractivity contribution is 5.65. The van der Waals surface area contributed by atoms with Crippen LogP contribution >= 0.6 is 0 Å². The highest BCUT2D eigenvalue weighted by Gasteiger charge is 2.23. The zero-order valence-electron chi connectivity index (χ0n) is 19.6. The minimum absolute atomic E-state index is 0.358. The summed E-state index contributed by atoms with van der Waals surface area (Å²) in [6, 6.07) is 25.7. The summed E-state index contributed by atoms with van der Waals surface area (Å²) >= 11 is 0. The molecule has 0 saturated carbocycles. The Morgan fingerprint density at radius 2 is 1.71 bits per heavy atom. The number of aryl methyl sites for hydroxylation is 1. The van der Waals surface area contributed by atoms with Crippen molar-refractivity contribution < 1.29 is 14.2 Å². The molecule has 0 bridgehead atoms. The van der Waals surface area contributed by atoms with Gasteiger partial charge in [-0.15, -0.1) is 0 Å². The van der Waals surface area contributed by atoms with Crippen LogP contribution in [-0.4, -0.2) is 32.9 Å². The maximum atomic E-state index is 13.8. The van der Waals surface area contributed by atoms with Crippen LogP contribution in [0, 0.1) is 5.82 Å². The van der Waals surface area contributed by atoms with E-state index in [0.29, 0.717) is 24.7 Å². The van der Waals surface area contributed by atoms with Gasteiger partial charge in [0, 0.05) is 31.8 Å². The van der Waals surface area contributed by atoms with Gasteiger partial charge in [0.15, 0.2) is 0 Å². The summed E-state index contributed by atoms with van der Waals surface area (Å²) in [5.74, 6) is 0.609. The van der Waals surface area contributed by atoms with Crippen LogP contribution in [0.2, 0.25) is 0 Å². The van der Waals surface area contributed by atoms with Crippen molar-refractivity contribution in [2.24, 2.45) is 7.05 Å². The van der Waals surface area contributed by atoms with Gasteiger partial charge in [-0.1, -0.05) is 73.7 Å². The van der Waals surface area contributed by atoms with Crippen LogP contribution in [0.3, 0.4) is 0 Å². The van der Waals surface area contributed by atoms with Crippen molar-refractivity contribution in [3.8, 4) is 22.9 Å². The lowest BCUT2D eigenvalue weighted by atomic mass is 10.1. The van der Waals surface area contributed by atoms with Gasteiger partial charge in [0.05, 0.1) is 11.7 Å². The van der Waals surface area contributed by atoms with Crippen LogP contribution in [0.1, 0.15) is 30.6 Å². The molecule has 6 heteroatoms. The molecule has 0 spiro atoms. The molecular formula is C28H30FN3O2. The number of aliphatic hydroxyl groups excluding tert-OH is 1. The molecule has 3 aromatic carbocycles. The molecule has 0 fully saturated rings. The second-order valence-electron chi connectivity index (χ2n) is 8.34. The summed E-state index contributed by atoms with van der Waals surface area (Å²) in [4.78, 5) is 2.21. The molecule has 1 atom stereocenters. The van der Waals surface area contributed by atoms with E-state index < -0.39 is 6.10 Å². The molecule has 0 aliphatic heterocycles. The van der Waals surface area contributed by atoms with Gasteiger partial charge in [-0.3, -0.25) is 4.90 Å². The van der Waals surface area contributed by atoms with Crippen molar-refractivity contribution in [3.63, 3.8) is 0 Å². The Balaban J connectivity index is 1.69. The van der Waals surface area contributed by atoms with Gasteiger partial charge in [-0.2, -0.15) is 5.10 Å². The number of nitrogens with zero attached hydrogens (tertiary/aromatic N) is 3. The summed E-state index contributed by atoms with van der Waals surface area (Å²) in [5.41, 5.74) is 3.56. The van der Waals surface area contributed by atoms with Crippen LogP contribution in [0.4, 0.5) is 4.39 Å². The van der Waals surface area contributed by atoms with E-state index in [1.54, 1.807) is 16.8 Å². The third-order valence-electron chi connectivity index (χ3n) is 5.68. The highest BCUT2D eigenvalue weighted by Crippen LogP contribution is 2.34. The normalized spacial score (nSPS) is 12.1. The number of ether oxygens (including phenoxy) is 1.